The molecule has 0 atom stereocenters. The summed E-state index contributed by atoms with van der Waals surface area (Å²) in [5.74, 6) is 1.72. The van der Waals surface area contributed by atoms with Gasteiger partial charge in [0, 0.05) is 32.3 Å². The van der Waals surface area contributed by atoms with E-state index in [0.717, 1.165) is 35.8 Å². The molecule has 5 nitrogen and oxygen atoms in total. The van der Waals surface area contributed by atoms with Crippen molar-refractivity contribution in [2.75, 3.05) is 38.2 Å². The standard InChI is InChI=1S/C23H28N2O3/c1-18(2)28-20-8-6-7-19(17-20)11-12-23(26)25-15-13-24(14-16-25)21-9-4-5-10-22(21)27-3/h4-12,17-18H,13-16H2,1-3H3/b12-11+. The molecule has 0 spiro atoms. The summed E-state index contributed by atoms with van der Waals surface area (Å²) in [6.07, 6.45) is 3.62. The summed E-state index contributed by atoms with van der Waals surface area (Å²) in [5.41, 5.74) is 2.04. The maximum Gasteiger partial charge on any atom is 0.246 e. The third kappa shape index (κ3) is 5.06. The van der Waals surface area contributed by atoms with Crippen LogP contribution < -0.4 is 14.4 Å². The van der Waals surface area contributed by atoms with Crippen LogP contribution >= 0.6 is 0 Å². The van der Waals surface area contributed by atoms with Crippen molar-refractivity contribution in [3.05, 3.63) is 60.2 Å². The molecule has 2 aromatic rings. The summed E-state index contributed by atoms with van der Waals surface area (Å²) in [7, 11) is 1.69. The fourth-order valence-corrected chi connectivity index (χ4v) is 3.30. The summed E-state index contributed by atoms with van der Waals surface area (Å²) in [6, 6.07) is 15.8. The highest BCUT2D eigenvalue weighted by Crippen LogP contribution is 2.28. The van der Waals surface area contributed by atoms with Gasteiger partial charge in [0.25, 0.3) is 0 Å². The smallest absolute Gasteiger partial charge is 0.246 e. The second kappa shape index (κ2) is 9.31. The molecule has 2 aromatic carbocycles. The first-order valence-corrected chi connectivity index (χ1v) is 9.68. The van der Waals surface area contributed by atoms with Gasteiger partial charge in [-0.05, 0) is 49.8 Å². The quantitative estimate of drug-likeness (QED) is 0.714. The summed E-state index contributed by atoms with van der Waals surface area (Å²) >= 11 is 0. The molecular weight excluding hydrogens is 352 g/mol. The molecule has 0 radical (unpaired) electrons. The topological polar surface area (TPSA) is 42.0 Å². The number of hydrogen-bond acceptors (Lipinski definition) is 4. The predicted octanol–water partition coefficient (Wildman–Crippen LogP) is 3.84. The van der Waals surface area contributed by atoms with Crippen LogP contribution in [0, 0.1) is 0 Å². The van der Waals surface area contributed by atoms with Crippen LogP contribution in [-0.4, -0.2) is 50.2 Å². The zero-order valence-electron chi connectivity index (χ0n) is 16.8. The number of piperazine rings is 1. The van der Waals surface area contributed by atoms with Crippen LogP contribution in [0.25, 0.3) is 6.08 Å². The van der Waals surface area contributed by atoms with Crippen molar-refractivity contribution in [2.45, 2.75) is 20.0 Å². The number of carbonyl (C=O) groups excluding carboxylic acids is 1. The van der Waals surface area contributed by atoms with Gasteiger partial charge in [-0.15, -0.1) is 0 Å². The van der Waals surface area contributed by atoms with Crippen molar-refractivity contribution >= 4 is 17.7 Å². The van der Waals surface area contributed by atoms with Gasteiger partial charge in [-0.2, -0.15) is 0 Å². The van der Waals surface area contributed by atoms with Gasteiger partial charge < -0.3 is 19.3 Å². The van der Waals surface area contributed by atoms with E-state index in [1.165, 1.54) is 0 Å². The Balaban J connectivity index is 1.57. The van der Waals surface area contributed by atoms with E-state index in [2.05, 4.69) is 11.0 Å². The molecule has 0 bridgehead atoms. The number of hydrogen-bond donors (Lipinski definition) is 0. The average molecular weight is 380 g/mol. The Hall–Kier alpha value is -2.95. The van der Waals surface area contributed by atoms with Crippen molar-refractivity contribution in [3.8, 4) is 11.5 Å². The van der Waals surface area contributed by atoms with Crippen LogP contribution in [0.2, 0.25) is 0 Å². The van der Waals surface area contributed by atoms with Crippen LogP contribution in [0.5, 0.6) is 11.5 Å². The molecule has 3 rings (SSSR count). The largest absolute Gasteiger partial charge is 0.495 e. The zero-order valence-corrected chi connectivity index (χ0v) is 16.8. The third-order valence-electron chi connectivity index (χ3n) is 4.67. The Morgan fingerprint density at radius 1 is 1.04 bits per heavy atom. The van der Waals surface area contributed by atoms with E-state index in [1.807, 2.05) is 67.3 Å². The molecule has 5 heteroatoms. The molecule has 1 fully saturated rings. The van der Waals surface area contributed by atoms with Crippen molar-refractivity contribution in [1.82, 2.24) is 4.90 Å². The molecule has 28 heavy (non-hydrogen) atoms. The monoisotopic (exact) mass is 380 g/mol. The van der Waals surface area contributed by atoms with E-state index in [-0.39, 0.29) is 12.0 Å². The van der Waals surface area contributed by atoms with E-state index in [0.29, 0.717) is 13.1 Å². The number of anilines is 1. The van der Waals surface area contributed by atoms with E-state index >= 15 is 0 Å². The van der Waals surface area contributed by atoms with E-state index in [9.17, 15) is 4.79 Å². The van der Waals surface area contributed by atoms with Gasteiger partial charge in [0.2, 0.25) is 5.91 Å². The molecule has 1 heterocycles. The third-order valence-corrected chi connectivity index (χ3v) is 4.67. The van der Waals surface area contributed by atoms with Crippen LogP contribution in [0.3, 0.4) is 0 Å². The molecule has 148 valence electrons. The fraction of sp³-hybridized carbons (Fsp3) is 0.348. The summed E-state index contributed by atoms with van der Waals surface area (Å²) in [6.45, 7) is 6.96. The molecule has 0 aliphatic carbocycles. The van der Waals surface area contributed by atoms with Gasteiger partial charge in [-0.25, -0.2) is 0 Å². The van der Waals surface area contributed by atoms with Crippen LogP contribution in [0.1, 0.15) is 19.4 Å². The second-order valence-electron chi connectivity index (χ2n) is 7.06. The predicted molar refractivity (Wildman–Crippen MR) is 113 cm³/mol. The van der Waals surface area contributed by atoms with Gasteiger partial charge in [0.1, 0.15) is 11.5 Å². The number of rotatable bonds is 6. The molecule has 0 aromatic heterocycles. The lowest BCUT2D eigenvalue weighted by Gasteiger charge is -2.36. The summed E-state index contributed by atoms with van der Waals surface area (Å²) in [5, 5.41) is 0. The van der Waals surface area contributed by atoms with Crippen molar-refractivity contribution in [2.24, 2.45) is 0 Å². The Morgan fingerprint density at radius 3 is 2.50 bits per heavy atom. The van der Waals surface area contributed by atoms with Crippen molar-refractivity contribution in [3.63, 3.8) is 0 Å². The molecule has 1 aliphatic rings. The Morgan fingerprint density at radius 2 is 1.79 bits per heavy atom. The lowest BCUT2D eigenvalue weighted by atomic mass is 10.2. The summed E-state index contributed by atoms with van der Waals surface area (Å²) < 4.78 is 11.2. The first kappa shape index (κ1) is 19.8. The van der Waals surface area contributed by atoms with E-state index < -0.39 is 0 Å². The summed E-state index contributed by atoms with van der Waals surface area (Å²) in [4.78, 5) is 16.7. The number of methoxy groups -OCH3 is 1. The molecular formula is C23H28N2O3. The molecule has 1 amide bonds. The minimum atomic E-state index is 0.0369. The average Bonchev–Trinajstić information content (AvgIpc) is 2.72. The molecule has 0 unspecified atom stereocenters. The minimum Gasteiger partial charge on any atom is -0.495 e. The fourth-order valence-electron chi connectivity index (χ4n) is 3.30. The van der Waals surface area contributed by atoms with Gasteiger partial charge in [0.15, 0.2) is 0 Å². The van der Waals surface area contributed by atoms with Crippen molar-refractivity contribution in [1.29, 1.82) is 0 Å². The van der Waals surface area contributed by atoms with Crippen LogP contribution in [0.4, 0.5) is 5.69 Å². The Kier molecular flexibility index (Phi) is 6.58. The number of benzene rings is 2. The van der Waals surface area contributed by atoms with Crippen LogP contribution in [-0.2, 0) is 4.79 Å². The minimum absolute atomic E-state index is 0.0369. The van der Waals surface area contributed by atoms with Gasteiger partial charge in [-0.3, -0.25) is 4.79 Å². The lowest BCUT2D eigenvalue weighted by molar-refractivity contribution is -0.126. The SMILES string of the molecule is COc1ccccc1N1CCN(C(=O)/C=C/c2cccc(OC(C)C)c2)CC1. The number of carbonyl (C=O) groups is 1. The number of ether oxygens (including phenoxy) is 2. The zero-order chi connectivity index (χ0) is 19.9. The first-order valence-electron chi connectivity index (χ1n) is 9.68. The highest BCUT2D eigenvalue weighted by Gasteiger charge is 2.21. The highest BCUT2D eigenvalue weighted by atomic mass is 16.5. The Labute approximate surface area is 167 Å². The highest BCUT2D eigenvalue weighted by molar-refractivity contribution is 5.92. The molecule has 0 N–H and O–H groups in total. The number of amides is 1. The second-order valence-corrected chi connectivity index (χ2v) is 7.06. The first-order chi connectivity index (χ1) is 13.6. The van der Waals surface area contributed by atoms with Gasteiger partial charge >= 0.3 is 0 Å². The molecule has 0 saturated carbocycles. The maximum absolute atomic E-state index is 12.6. The number of nitrogens with zero attached hydrogens (tertiary/aromatic N) is 2. The van der Waals surface area contributed by atoms with Crippen molar-refractivity contribution < 1.29 is 14.3 Å². The lowest BCUT2D eigenvalue weighted by Crippen LogP contribution is -2.48. The normalized spacial score (nSPS) is 14.6. The van der Waals surface area contributed by atoms with Crippen LogP contribution in [0.15, 0.2) is 54.6 Å². The van der Waals surface area contributed by atoms with E-state index in [4.69, 9.17) is 9.47 Å². The Bertz CT molecular complexity index is 824. The van der Waals surface area contributed by atoms with E-state index in [1.54, 1.807) is 13.2 Å². The molecule has 1 aliphatic heterocycles. The maximum atomic E-state index is 12.6. The molecule has 1 saturated heterocycles. The number of para-hydroxylation sites is 2. The van der Waals surface area contributed by atoms with Gasteiger partial charge in [-0.1, -0.05) is 24.3 Å². The van der Waals surface area contributed by atoms with Gasteiger partial charge in [0.05, 0.1) is 18.9 Å².